The number of aryl methyl sites for hydroxylation is 1. The van der Waals surface area contributed by atoms with Gasteiger partial charge in [0.1, 0.15) is 11.6 Å². The van der Waals surface area contributed by atoms with Gasteiger partial charge in [0.2, 0.25) is 0 Å². The summed E-state index contributed by atoms with van der Waals surface area (Å²) in [4.78, 5) is 22.6. The van der Waals surface area contributed by atoms with E-state index in [2.05, 4.69) is 10.4 Å². The van der Waals surface area contributed by atoms with Crippen LogP contribution < -0.4 is 5.32 Å². The van der Waals surface area contributed by atoms with Gasteiger partial charge >= 0.3 is 0 Å². The van der Waals surface area contributed by atoms with E-state index in [0.717, 1.165) is 6.07 Å². The number of nitro groups is 1. The summed E-state index contributed by atoms with van der Waals surface area (Å²) in [5.41, 5.74) is 0.890. The van der Waals surface area contributed by atoms with Crippen LogP contribution in [-0.2, 0) is 0 Å². The summed E-state index contributed by atoms with van der Waals surface area (Å²) in [5.74, 6) is -1.11. The molecule has 1 amide bonds. The van der Waals surface area contributed by atoms with Crippen molar-refractivity contribution >= 4 is 29.0 Å². The van der Waals surface area contributed by atoms with Crippen molar-refractivity contribution in [3.63, 3.8) is 0 Å². The highest BCUT2D eigenvalue weighted by Crippen LogP contribution is 2.21. The number of amides is 1. The van der Waals surface area contributed by atoms with Crippen LogP contribution in [-0.4, -0.2) is 20.6 Å². The van der Waals surface area contributed by atoms with Gasteiger partial charge in [0.05, 0.1) is 21.9 Å². The van der Waals surface area contributed by atoms with Crippen LogP contribution in [0.4, 0.5) is 15.9 Å². The fourth-order valence-corrected chi connectivity index (χ4v) is 2.52. The van der Waals surface area contributed by atoms with Gasteiger partial charge in [0, 0.05) is 23.2 Å². The first-order valence-electron chi connectivity index (χ1n) is 7.43. The number of carbonyl (C=O) groups excluding carboxylic acids is 1. The van der Waals surface area contributed by atoms with Gasteiger partial charge < -0.3 is 5.32 Å². The summed E-state index contributed by atoms with van der Waals surface area (Å²) < 4.78 is 15.3. The van der Waals surface area contributed by atoms with Crippen molar-refractivity contribution < 1.29 is 14.1 Å². The SMILES string of the molecule is Cc1cc(NC(=O)c2ccc(Cl)cc2F)n(-c2ccc([N+](=O)[O-])cc2)n1. The lowest BCUT2D eigenvalue weighted by atomic mass is 10.2. The topological polar surface area (TPSA) is 90.1 Å². The normalized spacial score (nSPS) is 10.6. The minimum atomic E-state index is -0.742. The van der Waals surface area contributed by atoms with Gasteiger partial charge in [-0.2, -0.15) is 5.10 Å². The van der Waals surface area contributed by atoms with Gasteiger partial charge in [-0.1, -0.05) is 11.6 Å². The Morgan fingerprint density at radius 1 is 1.23 bits per heavy atom. The Balaban J connectivity index is 1.92. The van der Waals surface area contributed by atoms with Crippen molar-refractivity contribution in [1.29, 1.82) is 0 Å². The average molecular weight is 375 g/mol. The molecule has 1 aromatic heterocycles. The molecule has 3 aromatic rings. The molecule has 0 atom stereocenters. The van der Waals surface area contributed by atoms with Crippen LogP contribution in [0.1, 0.15) is 16.1 Å². The van der Waals surface area contributed by atoms with Crippen LogP contribution in [0.5, 0.6) is 0 Å². The third kappa shape index (κ3) is 3.55. The van der Waals surface area contributed by atoms with E-state index >= 15 is 0 Å². The molecule has 0 saturated heterocycles. The first-order chi connectivity index (χ1) is 12.3. The molecule has 0 saturated carbocycles. The summed E-state index contributed by atoms with van der Waals surface area (Å²) in [6.45, 7) is 1.72. The molecule has 0 spiro atoms. The van der Waals surface area contributed by atoms with Gasteiger partial charge in [-0.25, -0.2) is 9.07 Å². The van der Waals surface area contributed by atoms with Gasteiger partial charge in [-0.3, -0.25) is 14.9 Å². The molecule has 0 bridgehead atoms. The van der Waals surface area contributed by atoms with Gasteiger partial charge in [0.15, 0.2) is 0 Å². The largest absolute Gasteiger partial charge is 0.306 e. The Kier molecular flexibility index (Phi) is 4.68. The number of hydrogen-bond donors (Lipinski definition) is 1. The monoisotopic (exact) mass is 374 g/mol. The van der Waals surface area contributed by atoms with E-state index in [1.807, 2.05) is 0 Å². The minimum absolute atomic E-state index is 0.0635. The van der Waals surface area contributed by atoms with E-state index in [1.54, 1.807) is 13.0 Å². The molecule has 2 aromatic carbocycles. The third-order valence-electron chi connectivity index (χ3n) is 3.55. The second kappa shape index (κ2) is 6.93. The number of aromatic nitrogens is 2. The second-order valence-electron chi connectivity index (χ2n) is 5.43. The number of carbonyl (C=O) groups is 1. The number of nitrogens with zero attached hydrogens (tertiary/aromatic N) is 3. The summed E-state index contributed by atoms with van der Waals surface area (Å²) in [6.07, 6.45) is 0. The van der Waals surface area contributed by atoms with E-state index in [4.69, 9.17) is 11.6 Å². The van der Waals surface area contributed by atoms with Crippen LogP contribution in [0.3, 0.4) is 0 Å². The van der Waals surface area contributed by atoms with Gasteiger partial charge in [-0.15, -0.1) is 0 Å². The second-order valence-corrected chi connectivity index (χ2v) is 5.87. The molecule has 0 radical (unpaired) electrons. The van der Waals surface area contributed by atoms with E-state index in [-0.39, 0.29) is 16.3 Å². The van der Waals surface area contributed by atoms with E-state index < -0.39 is 16.6 Å². The summed E-state index contributed by atoms with van der Waals surface area (Å²) in [5, 5.41) is 17.8. The lowest BCUT2D eigenvalue weighted by molar-refractivity contribution is -0.384. The molecular formula is C17H12ClFN4O3. The number of halogens is 2. The van der Waals surface area contributed by atoms with E-state index in [0.29, 0.717) is 17.2 Å². The van der Waals surface area contributed by atoms with Crippen LogP contribution in [0.15, 0.2) is 48.5 Å². The maximum atomic E-state index is 13.9. The number of nitrogens with one attached hydrogen (secondary N) is 1. The van der Waals surface area contributed by atoms with Crippen molar-refractivity contribution in [2.75, 3.05) is 5.32 Å². The summed E-state index contributed by atoms with van der Waals surface area (Å²) in [7, 11) is 0. The number of nitro benzene ring substituents is 1. The molecule has 1 N–H and O–H groups in total. The summed E-state index contributed by atoms with van der Waals surface area (Å²) >= 11 is 5.69. The van der Waals surface area contributed by atoms with Crippen LogP contribution >= 0.6 is 11.6 Å². The number of benzene rings is 2. The number of non-ortho nitro benzene ring substituents is 1. The van der Waals surface area contributed by atoms with Crippen LogP contribution in [0.25, 0.3) is 5.69 Å². The number of hydrogen-bond acceptors (Lipinski definition) is 4. The minimum Gasteiger partial charge on any atom is -0.306 e. The van der Waals surface area contributed by atoms with Gasteiger partial charge in [-0.05, 0) is 37.3 Å². The third-order valence-corrected chi connectivity index (χ3v) is 3.79. The number of anilines is 1. The molecule has 0 fully saturated rings. The quantitative estimate of drug-likeness (QED) is 0.549. The van der Waals surface area contributed by atoms with Crippen molar-refractivity contribution in [3.05, 3.63) is 80.7 Å². The Labute approximate surface area is 152 Å². The smallest absolute Gasteiger partial charge is 0.269 e. The fraction of sp³-hybridized carbons (Fsp3) is 0.0588. The molecule has 0 unspecified atom stereocenters. The first-order valence-corrected chi connectivity index (χ1v) is 7.81. The highest BCUT2D eigenvalue weighted by Gasteiger charge is 2.16. The first kappa shape index (κ1) is 17.6. The Hall–Kier alpha value is -3.26. The van der Waals surface area contributed by atoms with Crippen LogP contribution in [0, 0.1) is 22.9 Å². The average Bonchev–Trinajstić information content (AvgIpc) is 2.95. The standard InChI is InChI=1S/C17H12ClFN4O3/c1-10-8-16(20-17(24)14-7-2-11(18)9-15(14)19)22(21-10)12-3-5-13(6-4-12)23(25)26/h2-9H,1H3,(H,20,24). The van der Waals surface area contributed by atoms with Crippen molar-refractivity contribution in [1.82, 2.24) is 9.78 Å². The maximum absolute atomic E-state index is 13.9. The Morgan fingerprint density at radius 2 is 1.92 bits per heavy atom. The van der Waals surface area contributed by atoms with Gasteiger partial charge in [0.25, 0.3) is 11.6 Å². The molecule has 1 heterocycles. The Morgan fingerprint density at radius 3 is 2.54 bits per heavy atom. The fourth-order valence-electron chi connectivity index (χ4n) is 2.36. The zero-order valence-electron chi connectivity index (χ0n) is 13.4. The zero-order valence-corrected chi connectivity index (χ0v) is 14.2. The predicted octanol–water partition coefficient (Wildman–Crippen LogP) is 4.13. The van der Waals surface area contributed by atoms with E-state index in [9.17, 15) is 19.3 Å². The highest BCUT2D eigenvalue weighted by molar-refractivity contribution is 6.30. The molecule has 9 heteroatoms. The lowest BCUT2D eigenvalue weighted by Gasteiger charge is -2.09. The zero-order chi connectivity index (χ0) is 18.8. The molecule has 0 aliphatic carbocycles. The Bertz CT molecular complexity index is 1000. The lowest BCUT2D eigenvalue weighted by Crippen LogP contribution is -2.16. The summed E-state index contributed by atoms with van der Waals surface area (Å²) in [6, 6.07) is 11.0. The highest BCUT2D eigenvalue weighted by atomic mass is 35.5. The number of rotatable bonds is 4. The maximum Gasteiger partial charge on any atom is 0.269 e. The predicted molar refractivity (Wildman–Crippen MR) is 94.3 cm³/mol. The molecule has 0 aliphatic rings. The molecule has 0 aliphatic heterocycles. The van der Waals surface area contributed by atoms with Crippen molar-refractivity contribution in [2.24, 2.45) is 0 Å². The van der Waals surface area contributed by atoms with Crippen molar-refractivity contribution in [3.8, 4) is 5.69 Å². The molecular weight excluding hydrogens is 363 g/mol. The molecule has 7 nitrogen and oxygen atoms in total. The molecule has 26 heavy (non-hydrogen) atoms. The van der Waals surface area contributed by atoms with Crippen LogP contribution in [0.2, 0.25) is 5.02 Å². The molecule has 3 rings (SSSR count). The molecule has 132 valence electrons. The van der Waals surface area contributed by atoms with E-state index in [1.165, 1.54) is 41.1 Å². The van der Waals surface area contributed by atoms with Crippen molar-refractivity contribution in [2.45, 2.75) is 6.92 Å².